The zero-order chi connectivity index (χ0) is 11.8. The van der Waals surface area contributed by atoms with Crippen LogP contribution in [0.15, 0.2) is 0 Å². The van der Waals surface area contributed by atoms with Crippen molar-refractivity contribution < 1.29 is 9.59 Å². The van der Waals surface area contributed by atoms with Gasteiger partial charge in [0.25, 0.3) is 5.91 Å². The van der Waals surface area contributed by atoms with Crippen molar-refractivity contribution >= 4 is 23.6 Å². The van der Waals surface area contributed by atoms with E-state index in [1.54, 1.807) is 13.1 Å². The van der Waals surface area contributed by atoms with Crippen LogP contribution in [-0.2, 0) is 9.59 Å². The molecular formula is C9H15N3O2S. The first-order valence-electron chi connectivity index (χ1n) is 4.53. The minimum absolute atomic E-state index is 0.267. The van der Waals surface area contributed by atoms with E-state index in [-0.39, 0.29) is 11.8 Å². The fourth-order valence-electron chi connectivity index (χ4n) is 1.05. The summed E-state index contributed by atoms with van der Waals surface area (Å²) in [5.41, 5.74) is 0. The summed E-state index contributed by atoms with van der Waals surface area (Å²) < 4.78 is 0. The molecule has 0 saturated heterocycles. The molecule has 15 heavy (non-hydrogen) atoms. The Bertz CT molecular complexity index is 275. The number of carbonyl (C=O) groups is 2. The van der Waals surface area contributed by atoms with Crippen LogP contribution in [0.25, 0.3) is 0 Å². The maximum atomic E-state index is 11.7. The van der Waals surface area contributed by atoms with Gasteiger partial charge in [-0.3, -0.25) is 9.59 Å². The molecule has 5 nitrogen and oxygen atoms in total. The summed E-state index contributed by atoms with van der Waals surface area (Å²) in [5, 5.41) is 11.2. The molecule has 0 aromatic heterocycles. The number of carbonyl (C=O) groups excluding carboxylic acids is 2. The van der Waals surface area contributed by atoms with Gasteiger partial charge < -0.3 is 5.32 Å². The maximum absolute atomic E-state index is 11.7. The molecule has 2 amide bonds. The number of nitrogens with zero attached hydrogens (tertiary/aromatic N) is 2. The number of nitrogens with one attached hydrogen (secondary N) is 1. The molecule has 0 aliphatic heterocycles. The molecule has 0 heterocycles. The van der Waals surface area contributed by atoms with Gasteiger partial charge in [-0.2, -0.15) is 17.0 Å². The Morgan fingerprint density at radius 3 is 2.53 bits per heavy atom. The predicted octanol–water partition coefficient (Wildman–Crippen LogP) is 0.184. The molecule has 0 radical (unpaired) electrons. The van der Waals surface area contributed by atoms with Crippen LogP contribution in [0.4, 0.5) is 0 Å². The quantitative estimate of drug-likeness (QED) is 0.539. The van der Waals surface area contributed by atoms with Gasteiger partial charge in [0, 0.05) is 19.2 Å². The van der Waals surface area contributed by atoms with Crippen molar-refractivity contribution in [3.63, 3.8) is 0 Å². The van der Waals surface area contributed by atoms with Gasteiger partial charge in [-0.1, -0.05) is 0 Å². The summed E-state index contributed by atoms with van der Waals surface area (Å²) >= 11 is 1.45. The second-order valence-electron chi connectivity index (χ2n) is 2.89. The first-order chi connectivity index (χ1) is 7.06. The average molecular weight is 229 g/mol. The smallest absolute Gasteiger partial charge is 0.258 e. The summed E-state index contributed by atoms with van der Waals surface area (Å²) in [5.74, 6) is -0.155. The Kier molecular flexibility index (Phi) is 6.54. The van der Waals surface area contributed by atoms with E-state index in [0.717, 1.165) is 4.90 Å². The van der Waals surface area contributed by atoms with Crippen LogP contribution in [-0.4, -0.2) is 41.3 Å². The first kappa shape index (κ1) is 13.8. The van der Waals surface area contributed by atoms with Crippen LogP contribution in [0.1, 0.15) is 13.8 Å². The molecule has 0 aromatic carbocycles. The lowest BCUT2D eigenvalue weighted by molar-refractivity contribution is -0.132. The molecule has 6 heteroatoms. The predicted molar refractivity (Wildman–Crippen MR) is 59.0 cm³/mol. The molecular weight excluding hydrogens is 214 g/mol. The van der Waals surface area contributed by atoms with Crippen molar-refractivity contribution in [1.29, 1.82) is 5.26 Å². The fraction of sp³-hybridized carbons (Fsp3) is 0.667. The minimum atomic E-state index is -0.614. The molecule has 0 saturated carbocycles. The monoisotopic (exact) mass is 229 g/mol. The minimum Gasteiger partial charge on any atom is -0.344 e. The van der Waals surface area contributed by atoms with Gasteiger partial charge in [-0.05, 0) is 13.2 Å². The Labute approximate surface area is 93.8 Å². The Balaban J connectivity index is 4.54. The van der Waals surface area contributed by atoms with Crippen molar-refractivity contribution in [2.45, 2.75) is 19.9 Å². The molecule has 0 aromatic rings. The Morgan fingerprint density at radius 1 is 1.60 bits per heavy atom. The molecule has 0 fully saturated rings. The van der Waals surface area contributed by atoms with Crippen molar-refractivity contribution in [2.75, 3.05) is 18.6 Å². The SMILES string of the molecule is CCN(C#N)C(=O)C(CSC)NC(C)=O. The highest BCUT2D eigenvalue weighted by molar-refractivity contribution is 7.98. The zero-order valence-electron chi connectivity index (χ0n) is 9.11. The van der Waals surface area contributed by atoms with Crippen LogP contribution in [0.5, 0.6) is 0 Å². The highest BCUT2D eigenvalue weighted by Crippen LogP contribution is 2.02. The van der Waals surface area contributed by atoms with E-state index >= 15 is 0 Å². The topological polar surface area (TPSA) is 73.2 Å². The summed E-state index contributed by atoms with van der Waals surface area (Å²) in [6.07, 6.45) is 3.62. The number of likely N-dealkylation sites (N-methyl/N-ethyl adjacent to an activating group) is 1. The van der Waals surface area contributed by atoms with Gasteiger partial charge in [0.15, 0.2) is 6.19 Å². The van der Waals surface area contributed by atoms with E-state index < -0.39 is 6.04 Å². The number of rotatable bonds is 5. The van der Waals surface area contributed by atoms with Crippen molar-refractivity contribution in [2.24, 2.45) is 0 Å². The average Bonchev–Trinajstić information content (AvgIpc) is 2.18. The fourth-order valence-corrected chi connectivity index (χ4v) is 1.61. The van der Waals surface area contributed by atoms with E-state index in [2.05, 4.69) is 5.32 Å². The van der Waals surface area contributed by atoms with E-state index in [9.17, 15) is 9.59 Å². The number of amides is 2. The van der Waals surface area contributed by atoms with Crippen LogP contribution in [0.3, 0.4) is 0 Å². The first-order valence-corrected chi connectivity index (χ1v) is 5.93. The van der Waals surface area contributed by atoms with Crippen LogP contribution >= 0.6 is 11.8 Å². The lowest BCUT2D eigenvalue weighted by Crippen LogP contribution is -2.47. The zero-order valence-corrected chi connectivity index (χ0v) is 9.93. The second-order valence-corrected chi connectivity index (χ2v) is 3.80. The van der Waals surface area contributed by atoms with Crippen molar-refractivity contribution in [1.82, 2.24) is 10.2 Å². The highest BCUT2D eigenvalue weighted by Gasteiger charge is 2.23. The summed E-state index contributed by atoms with van der Waals surface area (Å²) in [4.78, 5) is 23.6. The molecule has 0 bridgehead atoms. The third-order valence-electron chi connectivity index (χ3n) is 1.71. The van der Waals surface area contributed by atoms with Crippen LogP contribution in [0, 0.1) is 11.5 Å². The molecule has 0 rings (SSSR count). The maximum Gasteiger partial charge on any atom is 0.258 e. The van der Waals surface area contributed by atoms with Gasteiger partial charge in [-0.15, -0.1) is 0 Å². The Hall–Kier alpha value is -1.22. The number of hydrogen-bond donors (Lipinski definition) is 1. The van der Waals surface area contributed by atoms with Gasteiger partial charge in [0.1, 0.15) is 6.04 Å². The van der Waals surface area contributed by atoms with Gasteiger partial charge >= 0.3 is 0 Å². The Morgan fingerprint density at radius 2 is 2.20 bits per heavy atom. The molecule has 84 valence electrons. The molecule has 1 atom stereocenters. The summed E-state index contributed by atoms with van der Waals surface area (Å²) in [6, 6.07) is -0.614. The van der Waals surface area contributed by atoms with E-state index in [1.807, 2.05) is 6.26 Å². The molecule has 1 N–H and O–H groups in total. The molecule has 0 spiro atoms. The highest BCUT2D eigenvalue weighted by atomic mass is 32.2. The number of nitriles is 1. The van der Waals surface area contributed by atoms with Gasteiger partial charge in [-0.25, -0.2) is 4.90 Å². The third kappa shape index (κ3) is 4.70. The third-order valence-corrected chi connectivity index (χ3v) is 2.38. The molecule has 0 aliphatic rings. The second kappa shape index (κ2) is 7.12. The molecule has 1 unspecified atom stereocenters. The van der Waals surface area contributed by atoms with Crippen molar-refractivity contribution in [3.8, 4) is 6.19 Å². The van der Waals surface area contributed by atoms with Gasteiger partial charge in [0.2, 0.25) is 5.91 Å². The summed E-state index contributed by atoms with van der Waals surface area (Å²) in [7, 11) is 0. The normalized spacial score (nSPS) is 11.3. The van der Waals surface area contributed by atoms with E-state index in [1.165, 1.54) is 18.7 Å². The number of hydrogen-bond acceptors (Lipinski definition) is 4. The van der Waals surface area contributed by atoms with E-state index in [0.29, 0.717) is 12.3 Å². The lowest BCUT2D eigenvalue weighted by atomic mass is 10.3. The van der Waals surface area contributed by atoms with Crippen LogP contribution in [0.2, 0.25) is 0 Å². The number of thioether (sulfide) groups is 1. The standard InChI is InChI=1S/C9H15N3O2S/c1-4-12(6-10)9(14)8(5-15-3)11-7(2)13/h8H,4-5H2,1-3H3,(H,11,13). The summed E-state index contributed by atoms with van der Waals surface area (Å²) in [6.45, 7) is 3.38. The van der Waals surface area contributed by atoms with E-state index in [4.69, 9.17) is 5.26 Å². The van der Waals surface area contributed by atoms with Crippen LogP contribution < -0.4 is 5.32 Å². The largest absolute Gasteiger partial charge is 0.344 e. The van der Waals surface area contributed by atoms with Crippen molar-refractivity contribution in [3.05, 3.63) is 0 Å². The molecule has 0 aliphatic carbocycles. The van der Waals surface area contributed by atoms with Gasteiger partial charge in [0.05, 0.1) is 0 Å². The lowest BCUT2D eigenvalue weighted by Gasteiger charge is -2.20.